The minimum atomic E-state index is -3.43. The molecule has 0 amide bonds. The second-order valence-electron chi connectivity index (χ2n) is 7.52. The van der Waals surface area contributed by atoms with Crippen molar-refractivity contribution in [3.8, 4) is 11.1 Å². The minimum absolute atomic E-state index is 0.0150. The number of aromatic amines is 1. The van der Waals surface area contributed by atoms with Gasteiger partial charge in [0.2, 0.25) is 0 Å². The molecule has 0 bridgehead atoms. The van der Waals surface area contributed by atoms with Crippen LogP contribution in [0.3, 0.4) is 0 Å². The van der Waals surface area contributed by atoms with Gasteiger partial charge in [0.25, 0.3) is 0 Å². The van der Waals surface area contributed by atoms with Crippen molar-refractivity contribution in [1.29, 1.82) is 0 Å². The summed E-state index contributed by atoms with van der Waals surface area (Å²) in [6, 6.07) is 9.27. The van der Waals surface area contributed by atoms with Gasteiger partial charge >= 0.3 is 5.97 Å². The number of halogens is 1. The maximum atomic E-state index is 14.7. The van der Waals surface area contributed by atoms with E-state index in [0.29, 0.717) is 33.3 Å². The summed E-state index contributed by atoms with van der Waals surface area (Å²) in [5.74, 6) is -2.39. The van der Waals surface area contributed by atoms with Crippen LogP contribution in [0.25, 0.3) is 22.0 Å². The van der Waals surface area contributed by atoms with Crippen molar-refractivity contribution >= 4 is 26.7 Å². The summed E-state index contributed by atoms with van der Waals surface area (Å²) in [6.45, 7) is 1.89. The quantitative estimate of drug-likeness (QED) is 0.403. The number of carboxylic acid groups (broad SMARTS) is 1. The van der Waals surface area contributed by atoms with Crippen molar-refractivity contribution in [3.63, 3.8) is 0 Å². The lowest BCUT2D eigenvalue weighted by molar-refractivity contribution is 0.0691. The second kappa shape index (κ2) is 9.01. The molecule has 0 radical (unpaired) electrons. The van der Waals surface area contributed by atoms with E-state index in [-0.39, 0.29) is 17.9 Å². The highest BCUT2D eigenvalue weighted by Gasteiger charge is 2.23. The molecule has 3 aromatic rings. The third-order valence-electron chi connectivity index (χ3n) is 4.99. The summed E-state index contributed by atoms with van der Waals surface area (Å²) in [7, 11) is -3.43. The van der Waals surface area contributed by atoms with Crippen LogP contribution in [0.4, 0.5) is 4.39 Å². The maximum absolute atomic E-state index is 14.7. The lowest BCUT2D eigenvalue weighted by Gasteiger charge is -2.14. The Hall–Kier alpha value is -3.37. The standard InChI is InChI=1S/C22H24FN3O5S/c1-12(31-10-15(25)9-24)16-4-3-5-17-19(21(22(27)28)26-20(16)17)13-6-7-14(18(23)8-13)11-32(2,29)30/h3-9,12,26H,10-11,24-25H2,1-2H3,(H,27,28)/b15-9-. The number of carboxylic acids is 1. The first-order valence-corrected chi connectivity index (χ1v) is 11.7. The lowest BCUT2D eigenvalue weighted by atomic mass is 9.98. The molecule has 1 unspecified atom stereocenters. The van der Waals surface area contributed by atoms with Crippen LogP contribution in [0.2, 0.25) is 0 Å². The largest absolute Gasteiger partial charge is 0.477 e. The highest BCUT2D eigenvalue weighted by atomic mass is 32.2. The van der Waals surface area contributed by atoms with Gasteiger partial charge in [-0.1, -0.05) is 30.3 Å². The first-order chi connectivity index (χ1) is 15.0. The molecule has 0 aliphatic rings. The monoisotopic (exact) mass is 461 g/mol. The first kappa shape index (κ1) is 23.3. The average molecular weight is 462 g/mol. The van der Waals surface area contributed by atoms with E-state index in [4.69, 9.17) is 16.2 Å². The number of hydrogen-bond donors (Lipinski definition) is 4. The van der Waals surface area contributed by atoms with Crippen LogP contribution in [0.1, 0.15) is 34.6 Å². The van der Waals surface area contributed by atoms with Crippen LogP contribution in [-0.4, -0.2) is 37.3 Å². The topological polar surface area (TPSA) is 148 Å². The number of sulfone groups is 1. The van der Waals surface area contributed by atoms with E-state index in [1.165, 1.54) is 18.3 Å². The molecule has 0 saturated heterocycles. The van der Waals surface area contributed by atoms with Crippen LogP contribution in [0, 0.1) is 5.82 Å². The van der Waals surface area contributed by atoms with E-state index in [1.54, 1.807) is 25.1 Å². The van der Waals surface area contributed by atoms with Gasteiger partial charge in [0.15, 0.2) is 9.84 Å². The number of nitrogens with one attached hydrogen (secondary N) is 1. The van der Waals surface area contributed by atoms with Crippen molar-refractivity contribution < 1.29 is 27.4 Å². The number of hydrogen-bond acceptors (Lipinski definition) is 6. The van der Waals surface area contributed by atoms with E-state index in [2.05, 4.69) is 4.98 Å². The maximum Gasteiger partial charge on any atom is 0.352 e. The number of carbonyl (C=O) groups is 1. The zero-order valence-electron chi connectivity index (χ0n) is 17.6. The van der Waals surface area contributed by atoms with E-state index in [9.17, 15) is 22.7 Å². The number of para-hydroxylation sites is 1. The van der Waals surface area contributed by atoms with Gasteiger partial charge in [-0.2, -0.15) is 0 Å². The molecule has 2 aromatic carbocycles. The predicted molar refractivity (Wildman–Crippen MR) is 120 cm³/mol. The number of aromatic carboxylic acids is 1. The number of nitrogens with two attached hydrogens (primary N) is 2. The predicted octanol–water partition coefficient (Wildman–Crippen LogP) is 3.05. The molecule has 1 heterocycles. The second-order valence-corrected chi connectivity index (χ2v) is 9.66. The SMILES string of the molecule is CC(OC/C(N)=C/N)c1cccc2c(-c3ccc(CS(C)(=O)=O)c(F)c3)c(C(=O)O)[nH]c12. The fraction of sp³-hybridized carbons (Fsp3) is 0.227. The van der Waals surface area contributed by atoms with Crippen LogP contribution in [0.5, 0.6) is 0 Å². The fourth-order valence-electron chi connectivity index (χ4n) is 3.50. The molecule has 1 atom stereocenters. The van der Waals surface area contributed by atoms with Gasteiger partial charge in [-0.25, -0.2) is 17.6 Å². The Bertz CT molecular complexity index is 1310. The number of fused-ring (bicyclic) bond motifs is 1. The molecule has 0 fully saturated rings. The van der Waals surface area contributed by atoms with Crippen molar-refractivity contribution in [2.24, 2.45) is 11.5 Å². The van der Waals surface area contributed by atoms with Crippen molar-refractivity contribution in [3.05, 3.63) is 70.9 Å². The Morgan fingerprint density at radius 3 is 2.62 bits per heavy atom. The third-order valence-corrected chi connectivity index (χ3v) is 5.83. The summed E-state index contributed by atoms with van der Waals surface area (Å²) in [4.78, 5) is 14.9. The van der Waals surface area contributed by atoms with Gasteiger partial charge in [-0.05, 0) is 18.6 Å². The van der Waals surface area contributed by atoms with Gasteiger partial charge in [0.05, 0.1) is 29.7 Å². The molecule has 32 heavy (non-hydrogen) atoms. The molecule has 0 aliphatic carbocycles. The summed E-state index contributed by atoms with van der Waals surface area (Å²) in [5, 5.41) is 10.3. The van der Waals surface area contributed by atoms with Gasteiger partial charge in [0.1, 0.15) is 11.5 Å². The van der Waals surface area contributed by atoms with Crippen LogP contribution in [-0.2, 0) is 20.3 Å². The fourth-order valence-corrected chi connectivity index (χ4v) is 4.30. The van der Waals surface area contributed by atoms with Crippen molar-refractivity contribution in [2.75, 3.05) is 12.9 Å². The van der Waals surface area contributed by atoms with Crippen molar-refractivity contribution in [2.45, 2.75) is 18.8 Å². The van der Waals surface area contributed by atoms with Gasteiger partial charge in [-0.3, -0.25) is 0 Å². The molecule has 8 nitrogen and oxygen atoms in total. The molecule has 3 rings (SSSR count). The normalized spacial score (nSPS) is 13.4. The zero-order chi connectivity index (χ0) is 23.6. The molecular formula is C22H24FN3O5S. The van der Waals surface area contributed by atoms with E-state index < -0.39 is 33.5 Å². The summed E-state index contributed by atoms with van der Waals surface area (Å²) < 4.78 is 43.4. The number of rotatable bonds is 8. The number of H-pyrrole nitrogens is 1. The summed E-state index contributed by atoms with van der Waals surface area (Å²) in [5.41, 5.74) is 13.1. The third kappa shape index (κ3) is 4.92. The Morgan fingerprint density at radius 2 is 2.03 bits per heavy atom. The molecule has 0 aliphatic heterocycles. The Kier molecular flexibility index (Phi) is 6.56. The highest BCUT2D eigenvalue weighted by Crippen LogP contribution is 2.37. The van der Waals surface area contributed by atoms with Crippen LogP contribution >= 0.6 is 0 Å². The van der Waals surface area contributed by atoms with E-state index in [1.807, 2.05) is 0 Å². The van der Waals surface area contributed by atoms with Crippen LogP contribution in [0.15, 0.2) is 48.3 Å². The molecule has 170 valence electrons. The lowest BCUT2D eigenvalue weighted by Crippen LogP contribution is -2.11. The van der Waals surface area contributed by atoms with Gasteiger partial charge < -0.3 is 26.3 Å². The molecular weight excluding hydrogens is 437 g/mol. The summed E-state index contributed by atoms with van der Waals surface area (Å²) in [6.07, 6.45) is 1.81. The van der Waals surface area contributed by atoms with Crippen molar-refractivity contribution in [1.82, 2.24) is 4.98 Å². The Morgan fingerprint density at radius 1 is 1.31 bits per heavy atom. The van der Waals surface area contributed by atoms with Gasteiger partial charge in [-0.15, -0.1) is 0 Å². The van der Waals surface area contributed by atoms with E-state index in [0.717, 1.165) is 12.3 Å². The first-order valence-electron chi connectivity index (χ1n) is 9.64. The Balaban J connectivity index is 2.13. The molecule has 0 saturated carbocycles. The average Bonchev–Trinajstić information content (AvgIpc) is 3.12. The molecule has 1 aromatic heterocycles. The number of aromatic nitrogens is 1. The van der Waals surface area contributed by atoms with E-state index >= 15 is 0 Å². The van der Waals surface area contributed by atoms with Crippen LogP contribution < -0.4 is 11.5 Å². The highest BCUT2D eigenvalue weighted by molar-refractivity contribution is 7.89. The van der Waals surface area contributed by atoms with Gasteiger partial charge in [0, 0.05) is 34.5 Å². The number of benzene rings is 2. The number of ether oxygens (including phenoxy) is 1. The smallest absolute Gasteiger partial charge is 0.352 e. The molecule has 6 N–H and O–H groups in total. The molecule has 10 heteroatoms. The summed E-state index contributed by atoms with van der Waals surface area (Å²) >= 11 is 0. The Labute approximate surface area is 184 Å². The molecule has 0 spiro atoms. The minimum Gasteiger partial charge on any atom is -0.477 e. The zero-order valence-corrected chi connectivity index (χ0v) is 18.4.